The van der Waals surface area contributed by atoms with Gasteiger partial charge in [0.05, 0.1) is 21.1 Å². The molecule has 0 radical (unpaired) electrons. The number of rotatable bonds is 8. The average molecular weight is 434 g/mol. The molecule has 172 valence electrons. The monoisotopic (exact) mass is 433 g/mol. The van der Waals surface area contributed by atoms with Gasteiger partial charge in [0.2, 0.25) is 0 Å². The van der Waals surface area contributed by atoms with Crippen LogP contribution in [0.3, 0.4) is 0 Å². The summed E-state index contributed by atoms with van der Waals surface area (Å²) in [6, 6.07) is 20.2. The fourth-order valence-electron chi connectivity index (χ4n) is 3.33. The summed E-state index contributed by atoms with van der Waals surface area (Å²) in [4.78, 5) is 0. The van der Waals surface area contributed by atoms with Crippen molar-refractivity contribution >= 4 is 0 Å². The van der Waals surface area contributed by atoms with Gasteiger partial charge in [-0.2, -0.15) is 0 Å². The van der Waals surface area contributed by atoms with Gasteiger partial charge in [0.25, 0.3) is 0 Å². The van der Waals surface area contributed by atoms with Gasteiger partial charge in [-0.05, 0) is 41.7 Å². The summed E-state index contributed by atoms with van der Waals surface area (Å²) in [5.41, 5.74) is 4.36. The SMILES string of the molecule is C.CCC(C)C.CCC(CC(C)c1ccccc1)c1ccc(C[N+](C)(C)C)cc1.[Cl-]. The standard InChI is InChI=1S/C22H32N.C5H12.CH4.ClH/c1-6-20(16-18(2)21-10-8-7-9-11-21)22-14-12-19(13-15-22)17-23(3,4)5;1-4-5(2)3;;/h7-15,18,20H,6,16-17H2,1-5H3;5H,4H2,1-3H3;1H4;1H/q+1;;;/p-1. The second kappa shape index (κ2) is 15.5. The zero-order valence-corrected chi connectivity index (χ0v) is 20.8. The molecule has 2 aromatic rings. The van der Waals surface area contributed by atoms with Gasteiger partial charge in [0.1, 0.15) is 6.54 Å². The molecule has 0 aliphatic carbocycles. The van der Waals surface area contributed by atoms with E-state index in [1.165, 1.54) is 36.0 Å². The van der Waals surface area contributed by atoms with Crippen molar-refractivity contribution in [3.8, 4) is 0 Å². The van der Waals surface area contributed by atoms with Crippen LogP contribution in [0.5, 0.6) is 0 Å². The highest BCUT2D eigenvalue weighted by Gasteiger charge is 2.16. The van der Waals surface area contributed by atoms with Gasteiger partial charge >= 0.3 is 0 Å². The number of benzene rings is 2. The molecule has 0 aliphatic heterocycles. The van der Waals surface area contributed by atoms with Crippen LogP contribution < -0.4 is 12.4 Å². The van der Waals surface area contributed by atoms with E-state index in [4.69, 9.17) is 0 Å². The predicted octanol–water partition coefficient (Wildman–Crippen LogP) is 5.27. The van der Waals surface area contributed by atoms with Gasteiger partial charge in [-0.15, -0.1) is 0 Å². The first kappa shape index (κ1) is 30.9. The smallest absolute Gasteiger partial charge is 0.104 e. The Bertz CT molecular complexity index is 641. The van der Waals surface area contributed by atoms with Gasteiger partial charge < -0.3 is 16.9 Å². The van der Waals surface area contributed by atoms with E-state index >= 15 is 0 Å². The average Bonchev–Trinajstić information content (AvgIpc) is 2.66. The minimum absolute atomic E-state index is 0. The Labute approximate surface area is 194 Å². The van der Waals surface area contributed by atoms with Crippen molar-refractivity contribution in [1.82, 2.24) is 0 Å². The van der Waals surface area contributed by atoms with E-state index in [1.807, 2.05) is 0 Å². The fraction of sp³-hybridized carbons (Fsp3) is 0.571. The lowest BCUT2D eigenvalue weighted by molar-refractivity contribution is -0.884. The molecular formula is C28H48ClN. The molecule has 0 amide bonds. The third kappa shape index (κ3) is 12.4. The topological polar surface area (TPSA) is 0 Å². The van der Waals surface area contributed by atoms with Crippen molar-refractivity contribution in [2.24, 2.45) is 5.92 Å². The van der Waals surface area contributed by atoms with Gasteiger partial charge in [-0.1, -0.05) is 103 Å². The summed E-state index contributed by atoms with van der Waals surface area (Å²) >= 11 is 0. The highest BCUT2D eigenvalue weighted by Crippen LogP contribution is 2.32. The predicted molar refractivity (Wildman–Crippen MR) is 133 cm³/mol. The van der Waals surface area contributed by atoms with Crippen LogP contribution in [0.25, 0.3) is 0 Å². The van der Waals surface area contributed by atoms with E-state index in [9.17, 15) is 0 Å². The van der Waals surface area contributed by atoms with Crippen LogP contribution >= 0.6 is 0 Å². The Kier molecular flexibility index (Phi) is 15.9. The van der Waals surface area contributed by atoms with Crippen molar-refractivity contribution in [2.45, 2.75) is 79.7 Å². The second-order valence-electron chi connectivity index (χ2n) is 9.64. The maximum atomic E-state index is 2.35. The lowest BCUT2D eigenvalue weighted by Crippen LogP contribution is -3.00. The minimum atomic E-state index is 0. The van der Waals surface area contributed by atoms with E-state index in [0.717, 1.165) is 16.9 Å². The Morgan fingerprint density at radius 2 is 1.23 bits per heavy atom. The molecule has 30 heavy (non-hydrogen) atoms. The van der Waals surface area contributed by atoms with Crippen LogP contribution in [0.15, 0.2) is 54.6 Å². The summed E-state index contributed by atoms with van der Waals surface area (Å²) in [5.74, 6) is 2.13. The summed E-state index contributed by atoms with van der Waals surface area (Å²) in [6.45, 7) is 12.4. The molecule has 2 heteroatoms. The third-order valence-corrected chi connectivity index (χ3v) is 5.42. The van der Waals surface area contributed by atoms with Gasteiger partial charge in [-0.25, -0.2) is 0 Å². The molecule has 0 bridgehead atoms. The zero-order chi connectivity index (χ0) is 21.2. The number of quaternary nitrogens is 1. The van der Waals surface area contributed by atoms with Crippen LogP contribution in [0.1, 0.15) is 89.8 Å². The van der Waals surface area contributed by atoms with E-state index < -0.39 is 0 Å². The quantitative estimate of drug-likeness (QED) is 0.497. The van der Waals surface area contributed by atoms with Crippen molar-refractivity contribution in [2.75, 3.05) is 21.1 Å². The van der Waals surface area contributed by atoms with E-state index in [0.29, 0.717) is 11.8 Å². The highest BCUT2D eigenvalue weighted by atomic mass is 35.5. The Balaban J connectivity index is 0. The molecule has 1 nitrogen and oxygen atoms in total. The van der Waals surface area contributed by atoms with Crippen molar-refractivity contribution < 1.29 is 16.9 Å². The number of hydrogen-bond acceptors (Lipinski definition) is 0. The van der Waals surface area contributed by atoms with Crippen LogP contribution in [-0.2, 0) is 6.54 Å². The lowest BCUT2D eigenvalue weighted by Gasteiger charge is -2.24. The number of hydrogen-bond donors (Lipinski definition) is 0. The first-order valence-corrected chi connectivity index (χ1v) is 11.1. The summed E-state index contributed by atoms with van der Waals surface area (Å²) in [5, 5.41) is 0. The molecule has 0 saturated heterocycles. The molecule has 2 unspecified atom stereocenters. The number of nitrogens with zero attached hydrogens (tertiary/aromatic N) is 1. The maximum Gasteiger partial charge on any atom is 0.104 e. The van der Waals surface area contributed by atoms with Crippen molar-refractivity contribution in [3.05, 3.63) is 71.3 Å². The molecule has 0 heterocycles. The van der Waals surface area contributed by atoms with Crippen molar-refractivity contribution in [1.29, 1.82) is 0 Å². The van der Waals surface area contributed by atoms with Crippen LogP contribution in [0.2, 0.25) is 0 Å². The molecule has 0 saturated carbocycles. The maximum absolute atomic E-state index is 2.35. The molecule has 0 N–H and O–H groups in total. The molecule has 2 atom stereocenters. The van der Waals surface area contributed by atoms with E-state index in [2.05, 4.69) is 110 Å². The molecule has 0 aromatic heterocycles. The summed E-state index contributed by atoms with van der Waals surface area (Å²) in [7, 11) is 6.72. The highest BCUT2D eigenvalue weighted by molar-refractivity contribution is 5.26. The first-order valence-electron chi connectivity index (χ1n) is 11.1. The Morgan fingerprint density at radius 3 is 1.63 bits per heavy atom. The minimum Gasteiger partial charge on any atom is -1.00 e. The molecular weight excluding hydrogens is 386 g/mol. The third-order valence-electron chi connectivity index (χ3n) is 5.42. The van der Waals surface area contributed by atoms with Gasteiger partial charge in [-0.3, -0.25) is 0 Å². The fourth-order valence-corrected chi connectivity index (χ4v) is 3.33. The normalized spacial score (nSPS) is 12.7. The van der Waals surface area contributed by atoms with Crippen LogP contribution in [-0.4, -0.2) is 25.6 Å². The summed E-state index contributed by atoms with van der Waals surface area (Å²) in [6.07, 6.45) is 3.72. The largest absolute Gasteiger partial charge is 1.00 e. The first-order chi connectivity index (χ1) is 13.2. The summed E-state index contributed by atoms with van der Waals surface area (Å²) < 4.78 is 0.974. The lowest BCUT2D eigenvalue weighted by atomic mass is 9.84. The van der Waals surface area contributed by atoms with Gasteiger partial charge in [0.15, 0.2) is 0 Å². The molecule has 2 rings (SSSR count). The van der Waals surface area contributed by atoms with Gasteiger partial charge in [0, 0.05) is 5.56 Å². The Morgan fingerprint density at radius 1 is 0.733 bits per heavy atom. The zero-order valence-electron chi connectivity index (χ0n) is 20.1. The Hall–Kier alpha value is -1.31. The molecule has 0 spiro atoms. The number of halogens is 1. The second-order valence-corrected chi connectivity index (χ2v) is 9.64. The molecule has 2 aromatic carbocycles. The van der Waals surface area contributed by atoms with Crippen molar-refractivity contribution in [3.63, 3.8) is 0 Å². The van der Waals surface area contributed by atoms with E-state index in [-0.39, 0.29) is 19.8 Å². The van der Waals surface area contributed by atoms with Crippen LogP contribution in [0.4, 0.5) is 0 Å². The van der Waals surface area contributed by atoms with E-state index in [1.54, 1.807) is 0 Å². The van der Waals surface area contributed by atoms with Crippen LogP contribution in [0, 0.1) is 5.92 Å². The molecule has 0 aliphatic rings. The molecule has 0 fully saturated rings.